The maximum absolute atomic E-state index is 14.0. The van der Waals surface area contributed by atoms with Crippen molar-refractivity contribution in [2.75, 3.05) is 0 Å². The molecule has 3 heteroatoms. The summed E-state index contributed by atoms with van der Waals surface area (Å²) in [5.74, 6) is 2.86. The summed E-state index contributed by atoms with van der Waals surface area (Å²) in [5.41, 5.74) is 7.13. The van der Waals surface area contributed by atoms with Crippen LogP contribution in [-0.4, -0.2) is 5.54 Å². The molecule has 0 amide bonds. The Hall–Kier alpha value is -0.600. The molecule has 1 nitrogen and oxygen atoms in total. The van der Waals surface area contributed by atoms with Gasteiger partial charge in [0.2, 0.25) is 0 Å². The monoisotopic (exact) mass is 293 g/mol. The summed E-state index contributed by atoms with van der Waals surface area (Å²) in [6, 6.07) is 4.93. The molecule has 0 radical (unpaired) electrons. The van der Waals surface area contributed by atoms with E-state index in [1.165, 1.54) is 31.7 Å². The first kappa shape index (κ1) is 13.1. The maximum Gasteiger partial charge on any atom is 0.127 e. The van der Waals surface area contributed by atoms with E-state index in [1.807, 2.05) is 0 Å². The summed E-state index contributed by atoms with van der Waals surface area (Å²) in [7, 11) is 0. The predicted molar refractivity (Wildman–Crippen MR) is 79.1 cm³/mol. The fourth-order valence-electron chi connectivity index (χ4n) is 5.55. The van der Waals surface area contributed by atoms with E-state index in [1.54, 1.807) is 12.1 Å². The molecule has 1 aromatic carbocycles. The van der Waals surface area contributed by atoms with Gasteiger partial charge in [0, 0.05) is 16.1 Å². The molecule has 5 atom stereocenters. The van der Waals surface area contributed by atoms with Crippen LogP contribution in [0.1, 0.15) is 37.7 Å². The molecule has 108 valence electrons. The van der Waals surface area contributed by atoms with Gasteiger partial charge in [-0.1, -0.05) is 24.1 Å². The van der Waals surface area contributed by atoms with Gasteiger partial charge in [0.15, 0.2) is 0 Å². The van der Waals surface area contributed by atoms with Crippen molar-refractivity contribution in [1.82, 2.24) is 0 Å². The van der Waals surface area contributed by atoms with E-state index in [4.69, 9.17) is 17.3 Å². The van der Waals surface area contributed by atoms with E-state index in [-0.39, 0.29) is 11.4 Å². The Morgan fingerprint density at radius 2 is 2.10 bits per heavy atom. The highest BCUT2D eigenvalue weighted by molar-refractivity contribution is 6.31. The van der Waals surface area contributed by atoms with Gasteiger partial charge >= 0.3 is 0 Å². The van der Waals surface area contributed by atoms with Gasteiger partial charge in [-0.2, -0.15) is 0 Å². The topological polar surface area (TPSA) is 26.0 Å². The Morgan fingerprint density at radius 1 is 1.30 bits per heavy atom. The van der Waals surface area contributed by atoms with E-state index in [9.17, 15) is 4.39 Å². The van der Waals surface area contributed by atoms with Crippen LogP contribution in [0.4, 0.5) is 4.39 Å². The van der Waals surface area contributed by atoms with Crippen LogP contribution < -0.4 is 5.73 Å². The third-order valence-corrected chi connectivity index (χ3v) is 6.61. The minimum atomic E-state index is -0.234. The maximum atomic E-state index is 14.0. The highest BCUT2D eigenvalue weighted by Gasteiger charge is 2.59. The minimum Gasteiger partial charge on any atom is -0.325 e. The van der Waals surface area contributed by atoms with Crippen molar-refractivity contribution in [2.24, 2.45) is 29.4 Å². The molecule has 0 saturated heterocycles. The summed E-state index contributed by atoms with van der Waals surface area (Å²) >= 11 is 6.19. The molecule has 0 aliphatic heterocycles. The van der Waals surface area contributed by atoms with Gasteiger partial charge < -0.3 is 5.73 Å². The van der Waals surface area contributed by atoms with Crippen molar-refractivity contribution >= 4 is 11.6 Å². The molecular weight excluding hydrogens is 273 g/mol. The Labute approximate surface area is 124 Å². The molecule has 2 bridgehead atoms. The lowest BCUT2D eigenvalue weighted by atomic mass is 9.69. The second-order valence-corrected chi connectivity index (χ2v) is 7.58. The molecule has 3 fully saturated rings. The highest BCUT2D eigenvalue weighted by atomic mass is 35.5. The summed E-state index contributed by atoms with van der Waals surface area (Å²) < 4.78 is 14.0. The third kappa shape index (κ3) is 1.77. The van der Waals surface area contributed by atoms with Gasteiger partial charge in [-0.25, -0.2) is 4.39 Å². The fourth-order valence-corrected chi connectivity index (χ4v) is 5.78. The lowest BCUT2D eigenvalue weighted by molar-refractivity contribution is 0.155. The first-order chi connectivity index (χ1) is 9.58. The van der Waals surface area contributed by atoms with Crippen LogP contribution in [-0.2, 0) is 6.42 Å². The van der Waals surface area contributed by atoms with Crippen molar-refractivity contribution in [3.05, 3.63) is 34.6 Å². The SMILES string of the molecule is NC1(Cc2c(F)cccc2Cl)CC2CC1C1CCCC21. The largest absolute Gasteiger partial charge is 0.325 e. The van der Waals surface area contributed by atoms with Crippen LogP contribution in [0.15, 0.2) is 18.2 Å². The average molecular weight is 294 g/mol. The van der Waals surface area contributed by atoms with E-state index in [2.05, 4.69) is 0 Å². The minimum absolute atomic E-state index is 0.201. The van der Waals surface area contributed by atoms with Crippen molar-refractivity contribution < 1.29 is 4.39 Å². The lowest BCUT2D eigenvalue weighted by Gasteiger charge is -2.40. The Morgan fingerprint density at radius 3 is 2.90 bits per heavy atom. The zero-order chi connectivity index (χ0) is 13.9. The van der Waals surface area contributed by atoms with Crippen LogP contribution in [0.3, 0.4) is 0 Å². The number of benzene rings is 1. The van der Waals surface area contributed by atoms with Gasteiger partial charge in [0.25, 0.3) is 0 Å². The van der Waals surface area contributed by atoms with Crippen molar-refractivity contribution in [3.63, 3.8) is 0 Å². The number of hydrogen-bond acceptors (Lipinski definition) is 1. The van der Waals surface area contributed by atoms with Gasteiger partial charge in [-0.3, -0.25) is 0 Å². The molecule has 0 spiro atoms. The van der Waals surface area contributed by atoms with E-state index in [0.717, 1.165) is 24.2 Å². The van der Waals surface area contributed by atoms with Crippen LogP contribution in [0.25, 0.3) is 0 Å². The average Bonchev–Trinajstić information content (AvgIpc) is 3.05. The van der Waals surface area contributed by atoms with Crippen LogP contribution in [0, 0.1) is 29.5 Å². The molecule has 3 saturated carbocycles. The molecule has 0 aromatic heterocycles. The van der Waals surface area contributed by atoms with Crippen LogP contribution in [0.2, 0.25) is 5.02 Å². The van der Waals surface area contributed by atoms with Gasteiger partial charge in [-0.15, -0.1) is 0 Å². The number of rotatable bonds is 2. The molecule has 0 heterocycles. The highest BCUT2D eigenvalue weighted by Crippen LogP contribution is 2.62. The first-order valence-electron chi connectivity index (χ1n) is 7.80. The molecule has 4 rings (SSSR count). The summed E-state index contributed by atoms with van der Waals surface area (Å²) in [5, 5.41) is 0.528. The molecule has 20 heavy (non-hydrogen) atoms. The van der Waals surface area contributed by atoms with Gasteiger partial charge in [-0.05, 0) is 67.9 Å². The summed E-state index contributed by atoms with van der Waals surface area (Å²) in [4.78, 5) is 0. The third-order valence-electron chi connectivity index (χ3n) is 6.25. The number of nitrogens with two attached hydrogens (primary N) is 1. The zero-order valence-electron chi connectivity index (χ0n) is 11.6. The van der Waals surface area contributed by atoms with Crippen molar-refractivity contribution in [2.45, 2.75) is 44.1 Å². The first-order valence-corrected chi connectivity index (χ1v) is 8.18. The quantitative estimate of drug-likeness (QED) is 0.870. The Kier molecular flexibility index (Phi) is 2.91. The lowest BCUT2D eigenvalue weighted by Crippen LogP contribution is -2.51. The van der Waals surface area contributed by atoms with E-state index < -0.39 is 0 Å². The molecule has 3 aliphatic carbocycles. The molecule has 5 unspecified atom stereocenters. The predicted octanol–water partition coefficient (Wildman–Crippen LogP) is 4.18. The smallest absolute Gasteiger partial charge is 0.127 e. The molecule has 1 aromatic rings. The van der Waals surface area contributed by atoms with Crippen molar-refractivity contribution in [1.29, 1.82) is 0 Å². The zero-order valence-corrected chi connectivity index (χ0v) is 12.4. The Balaban J connectivity index is 1.63. The fraction of sp³-hybridized carbons (Fsp3) is 0.647. The summed E-state index contributed by atoms with van der Waals surface area (Å²) in [6.07, 6.45) is 7.00. The van der Waals surface area contributed by atoms with E-state index >= 15 is 0 Å². The number of halogens is 2. The standard InChI is InChI=1S/C17H21ClFN/c18-15-5-2-6-16(19)13(15)9-17(20)8-10-7-14(17)12-4-1-3-11(10)12/h2,5-6,10-12,14H,1,3-4,7-9,20H2. The number of fused-ring (bicyclic) bond motifs is 5. The summed E-state index contributed by atoms with van der Waals surface area (Å²) in [6.45, 7) is 0. The van der Waals surface area contributed by atoms with Crippen LogP contribution in [0.5, 0.6) is 0 Å². The molecular formula is C17H21ClFN. The Bertz CT molecular complexity index is 526. The molecule has 2 N–H and O–H groups in total. The molecule has 3 aliphatic rings. The van der Waals surface area contributed by atoms with Gasteiger partial charge in [0.05, 0.1) is 0 Å². The van der Waals surface area contributed by atoms with Crippen molar-refractivity contribution in [3.8, 4) is 0 Å². The second-order valence-electron chi connectivity index (χ2n) is 7.18. The normalized spacial score (nSPS) is 42.1. The number of hydrogen-bond donors (Lipinski definition) is 1. The second kappa shape index (κ2) is 4.45. The van der Waals surface area contributed by atoms with Crippen LogP contribution >= 0.6 is 11.6 Å². The van der Waals surface area contributed by atoms with E-state index in [0.29, 0.717) is 22.9 Å². The van der Waals surface area contributed by atoms with Gasteiger partial charge in [0.1, 0.15) is 5.82 Å².